The van der Waals surface area contributed by atoms with E-state index in [1.807, 2.05) is 0 Å². The summed E-state index contributed by atoms with van der Waals surface area (Å²) in [5, 5.41) is 7.49. The van der Waals surface area contributed by atoms with E-state index in [0.29, 0.717) is 22.4 Å². The Morgan fingerprint density at radius 1 is 0.871 bits per heavy atom. The zero-order valence-electron chi connectivity index (χ0n) is 16.1. The number of nitrogens with one attached hydrogen (secondary N) is 1. The van der Waals surface area contributed by atoms with Gasteiger partial charge in [0.1, 0.15) is 18.2 Å². The van der Waals surface area contributed by atoms with E-state index in [0.717, 1.165) is 0 Å². The van der Waals surface area contributed by atoms with Gasteiger partial charge in [0.05, 0.1) is 4.90 Å². The quantitative estimate of drug-likeness (QED) is 0.592. The summed E-state index contributed by atoms with van der Waals surface area (Å²) in [7, 11) is -3.83. The molecule has 9 heteroatoms. The van der Waals surface area contributed by atoms with Gasteiger partial charge < -0.3 is 4.74 Å². The van der Waals surface area contributed by atoms with Crippen LogP contribution in [0, 0.1) is 11.6 Å². The highest BCUT2D eigenvalue weighted by molar-refractivity contribution is 7.89. The zero-order valence-corrected chi connectivity index (χ0v) is 16.9. The molecule has 0 unspecified atom stereocenters. The van der Waals surface area contributed by atoms with Crippen molar-refractivity contribution in [1.82, 2.24) is 0 Å². The maximum Gasteiger partial charge on any atom is 0.411 e. The van der Waals surface area contributed by atoms with Crippen molar-refractivity contribution in [3.8, 4) is 0 Å². The lowest BCUT2D eigenvalue weighted by atomic mass is 9.97. The van der Waals surface area contributed by atoms with Crippen LogP contribution in [-0.4, -0.2) is 21.1 Å². The molecule has 3 N–H and O–H groups in total. The molecule has 0 aliphatic heterocycles. The minimum atomic E-state index is -3.83. The number of benzene rings is 3. The van der Waals surface area contributed by atoms with Crippen molar-refractivity contribution in [3.63, 3.8) is 0 Å². The lowest BCUT2D eigenvalue weighted by Crippen LogP contribution is -2.15. The van der Waals surface area contributed by atoms with Crippen molar-refractivity contribution in [2.24, 2.45) is 5.14 Å². The highest BCUT2D eigenvalue weighted by Gasteiger charge is 2.10. The molecule has 0 aromatic heterocycles. The van der Waals surface area contributed by atoms with E-state index in [2.05, 4.69) is 5.32 Å². The second-order valence-electron chi connectivity index (χ2n) is 6.42. The fourth-order valence-electron chi connectivity index (χ4n) is 2.74. The van der Waals surface area contributed by atoms with Crippen LogP contribution in [0.4, 0.5) is 19.3 Å². The molecule has 1 amide bonds. The van der Waals surface area contributed by atoms with Gasteiger partial charge in [0.25, 0.3) is 0 Å². The van der Waals surface area contributed by atoms with Crippen LogP contribution in [-0.2, 0) is 14.8 Å². The Balaban J connectivity index is 1.71. The molecule has 0 saturated carbocycles. The molecule has 0 spiro atoms. The third kappa shape index (κ3) is 6.21. The number of amides is 1. The molecule has 0 bridgehead atoms. The van der Waals surface area contributed by atoms with Crippen LogP contribution >= 0.6 is 0 Å². The summed E-state index contributed by atoms with van der Waals surface area (Å²) in [4.78, 5) is 11.9. The van der Waals surface area contributed by atoms with Gasteiger partial charge in [0.2, 0.25) is 10.0 Å². The second kappa shape index (κ2) is 9.50. The summed E-state index contributed by atoms with van der Waals surface area (Å²) < 4.78 is 54.2. The summed E-state index contributed by atoms with van der Waals surface area (Å²) >= 11 is 0. The van der Waals surface area contributed by atoms with Gasteiger partial charge in [-0.1, -0.05) is 24.3 Å². The van der Waals surface area contributed by atoms with Crippen molar-refractivity contribution < 1.29 is 26.7 Å². The van der Waals surface area contributed by atoms with Crippen LogP contribution in [0.3, 0.4) is 0 Å². The Bertz CT molecular complexity index is 1140. The number of halogens is 2. The number of hydrogen-bond donors (Lipinski definition) is 2. The molecule has 0 aliphatic carbocycles. The number of carbonyl (C=O) groups is 1. The Morgan fingerprint density at radius 3 is 1.81 bits per heavy atom. The van der Waals surface area contributed by atoms with E-state index in [1.165, 1.54) is 48.5 Å². The van der Waals surface area contributed by atoms with E-state index in [1.54, 1.807) is 30.3 Å². The minimum Gasteiger partial charge on any atom is -0.445 e. The van der Waals surface area contributed by atoms with Crippen molar-refractivity contribution in [3.05, 3.63) is 102 Å². The molecule has 160 valence electrons. The highest BCUT2D eigenvalue weighted by Crippen LogP contribution is 2.24. The first-order valence-corrected chi connectivity index (χ1v) is 10.6. The summed E-state index contributed by atoms with van der Waals surface area (Å²) in [6.07, 6.45) is 0.849. The van der Waals surface area contributed by atoms with E-state index < -0.39 is 27.8 Å². The number of ether oxygens (including phenoxy) is 1. The monoisotopic (exact) mass is 444 g/mol. The summed E-state index contributed by atoms with van der Waals surface area (Å²) in [6.45, 7) is -0.120. The largest absolute Gasteiger partial charge is 0.445 e. The van der Waals surface area contributed by atoms with Gasteiger partial charge in [-0.2, -0.15) is 0 Å². The number of anilines is 1. The minimum absolute atomic E-state index is 0.0856. The van der Waals surface area contributed by atoms with Crippen molar-refractivity contribution >= 4 is 27.4 Å². The molecule has 0 saturated heterocycles. The third-order valence-corrected chi connectivity index (χ3v) is 5.17. The van der Waals surface area contributed by atoms with E-state index >= 15 is 0 Å². The van der Waals surface area contributed by atoms with E-state index in [-0.39, 0.29) is 11.5 Å². The van der Waals surface area contributed by atoms with Gasteiger partial charge in [0, 0.05) is 5.69 Å². The zero-order chi connectivity index (χ0) is 22.4. The molecule has 0 aliphatic rings. The fraction of sp³-hybridized carbons (Fsp3) is 0.0455. The predicted octanol–water partition coefficient (Wildman–Crippen LogP) is 4.29. The molecular weight excluding hydrogens is 426 g/mol. The standard InChI is InChI=1S/C22H18F2N2O4S/c23-17-5-1-15(2-6-17)21(16-3-7-18(24)8-4-16)13-14-30-22(27)26-19-9-11-20(12-10-19)31(25,28)29/h1-13H,14H2,(H,26,27)(H2,25,28,29). The normalized spacial score (nSPS) is 10.9. The number of rotatable bonds is 6. The van der Waals surface area contributed by atoms with Crippen molar-refractivity contribution in [1.29, 1.82) is 0 Å². The number of nitrogens with two attached hydrogens (primary N) is 1. The molecule has 0 fully saturated rings. The first-order chi connectivity index (χ1) is 14.7. The average molecular weight is 444 g/mol. The maximum atomic E-state index is 13.3. The SMILES string of the molecule is NS(=O)(=O)c1ccc(NC(=O)OCC=C(c2ccc(F)cc2)c2ccc(F)cc2)cc1. The number of hydrogen-bond acceptors (Lipinski definition) is 4. The van der Waals surface area contributed by atoms with Gasteiger partial charge >= 0.3 is 6.09 Å². The van der Waals surface area contributed by atoms with Crippen LogP contribution < -0.4 is 10.5 Å². The van der Waals surface area contributed by atoms with Gasteiger partial charge in [0.15, 0.2) is 0 Å². The van der Waals surface area contributed by atoms with Crippen LogP contribution in [0.5, 0.6) is 0 Å². The van der Waals surface area contributed by atoms with E-state index in [9.17, 15) is 22.0 Å². The molecular formula is C22H18F2N2O4S. The first-order valence-electron chi connectivity index (χ1n) is 9.01. The molecule has 0 radical (unpaired) electrons. The lowest BCUT2D eigenvalue weighted by molar-refractivity contribution is 0.174. The molecule has 6 nitrogen and oxygen atoms in total. The van der Waals surface area contributed by atoms with Crippen molar-refractivity contribution in [2.45, 2.75) is 4.90 Å². The molecule has 3 rings (SSSR count). The second-order valence-corrected chi connectivity index (χ2v) is 7.99. The fourth-order valence-corrected chi connectivity index (χ4v) is 3.26. The lowest BCUT2D eigenvalue weighted by Gasteiger charge is -2.10. The van der Waals surface area contributed by atoms with Gasteiger partial charge in [-0.05, 0) is 71.3 Å². The number of sulfonamides is 1. The van der Waals surface area contributed by atoms with Gasteiger partial charge in [-0.3, -0.25) is 5.32 Å². The average Bonchev–Trinajstić information content (AvgIpc) is 2.73. The molecule has 0 atom stereocenters. The van der Waals surface area contributed by atoms with Crippen LogP contribution in [0.15, 0.2) is 83.8 Å². The molecule has 3 aromatic rings. The smallest absolute Gasteiger partial charge is 0.411 e. The Labute approximate surface area is 178 Å². The summed E-state index contributed by atoms with van der Waals surface area (Å²) in [5.74, 6) is -0.794. The topological polar surface area (TPSA) is 98.5 Å². The summed E-state index contributed by atoms with van der Waals surface area (Å²) in [5.41, 5.74) is 2.27. The van der Waals surface area contributed by atoms with E-state index in [4.69, 9.17) is 9.88 Å². The number of carbonyl (C=O) groups excluding carboxylic acids is 1. The summed E-state index contributed by atoms with van der Waals surface area (Å²) in [6, 6.07) is 16.7. The molecule has 0 heterocycles. The van der Waals surface area contributed by atoms with Crippen LogP contribution in [0.25, 0.3) is 5.57 Å². The third-order valence-electron chi connectivity index (χ3n) is 4.24. The van der Waals surface area contributed by atoms with Gasteiger partial charge in [-0.15, -0.1) is 0 Å². The van der Waals surface area contributed by atoms with Crippen LogP contribution in [0.2, 0.25) is 0 Å². The Morgan fingerprint density at radius 2 is 1.35 bits per heavy atom. The molecule has 3 aromatic carbocycles. The predicted molar refractivity (Wildman–Crippen MR) is 113 cm³/mol. The Kier molecular flexibility index (Phi) is 6.78. The number of primary sulfonamides is 1. The first kappa shape index (κ1) is 22.1. The maximum absolute atomic E-state index is 13.3. The van der Waals surface area contributed by atoms with Crippen LogP contribution in [0.1, 0.15) is 11.1 Å². The Hall–Kier alpha value is -3.56. The van der Waals surface area contributed by atoms with Gasteiger partial charge in [-0.25, -0.2) is 27.1 Å². The van der Waals surface area contributed by atoms with Crippen molar-refractivity contribution in [2.75, 3.05) is 11.9 Å². The molecule has 31 heavy (non-hydrogen) atoms. The highest BCUT2D eigenvalue weighted by atomic mass is 32.2.